The molecule has 78 valence electrons. The van der Waals surface area contributed by atoms with E-state index in [4.69, 9.17) is 0 Å². The SMILES string of the molecule is CC(C)=CC(O)c1cnn(C(C)C)c1. The molecule has 0 amide bonds. The summed E-state index contributed by atoms with van der Waals surface area (Å²) in [4.78, 5) is 0. The standard InChI is InChI=1S/C11H18N2O/c1-8(2)5-11(14)10-6-12-13(7-10)9(3)4/h5-7,9,11,14H,1-4H3. The molecule has 1 atom stereocenters. The van der Waals surface area contributed by atoms with Crippen molar-refractivity contribution >= 4 is 0 Å². The normalized spacial score (nSPS) is 13.0. The topological polar surface area (TPSA) is 38.1 Å². The van der Waals surface area contributed by atoms with Crippen LogP contribution in [0.25, 0.3) is 0 Å². The molecule has 0 aromatic carbocycles. The summed E-state index contributed by atoms with van der Waals surface area (Å²) in [5.74, 6) is 0. The molecule has 14 heavy (non-hydrogen) atoms. The van der Waals surface area contributed by atoms with Crippen molar-refractivity contribution in [1.82, 2.24) is 9.78 Å². The molecule has 0 saturated heterocycles. The molecule has 1 aromatic heterocycles. The van der Waals surface area contributed by atoms with E-state index in [-0.39, 0.29) is 0 Å². The van der Waals surface area contributed by atoms with Gasteiger partial charge in [-0.25, -0.2) is 0 Å². The first-order valence-electron chi connectivity index (χ1n) is 4.88. The fourth-order valence-corrected chi connectivity index (χ4v) is 1.20. The molecule has 1 N–H and O–H groups in total. The van der Waals surface area contributed by atoms with Crippen LogP contribution in [0.5, 0.6) is 0 Å². The Bertz CT molecular complexity index is 322. The van der Waals surface area contributed by atoms with E-state index in [0.29, 0.717) is 6.04 Å². The molecule has 1 rings (SSSR count). The van der Waals surface area contributed by atoms with Crippen molar-refractivity contribution in [3.05, 3.63) is 29.6 Å². The molecule has 0 aliphatic carbocycles. The molecule has 0 fully saturated rings. The van der Waals surface area contributed by atoms with E-state index in [1.54, 1.807) is 6.20 Å². The maximum atomic E-state index is 9.76. The second kappa shape index (κ2) is 4.42. The summed E-state index contributed by atoms with van der Waals surface area (Å²) in [5.41, 5.74) is 1.95. The van der Waals surface area contributed by atoms with Crippen molar-refractivity contribution < 1.29 is 5.11 Å². The maximum absolute atomic E-state index is 9.76. The zero-order valence-corrected chi connectivity index (χ0v) is 9.23. The summed E-state index contributed by atoms with van der Waals surface area (Å²) in [6, 6.07) is 0.336. The number of hydrogen-bond acceptors (Lipinski definition) is 2. The van der Waals surface area contributed by atoms with Crippen molar-refractivity contribution in [2.24, 2.45) is 0 Å². The van der Waals surface area contributed by atoms with Crippen LogP contribution in [-0.2, 0) is 0 Å². The number of aliphatic hydroxyl groups is 1. The van der Waals surface area contributed by atoms with Gasteiger partial charge in [-0.2, -0.15) is 5.10 Å². The Balaban J connectivity index is 2.81. The third kappa shape index (κ3) is 2.70. The van der Waals surface area contributed by atoms with E-state index >= 15 is 0 Å². The van der Waals surface area contributed by atoms with Gasteiger partial charge < -0.3 is 5.11 Å². The van der Waals surface area contributed by atoms with Crippen molar-refractivity contribution in [3.8, 4) is 0 Å². The van der Waals surface area contributed by atoms with Crippen LogP contribution in [0.15, 0.2) is 24.0 Å². The highest BCUT2D eigenvalue weighted by atomic mass is 16.3. The summed E-state index contributed by atoms with van der Waals surface area (Å²) in [5, 5.41) is 13.9. The fourth-order valence-electron chi connectivity index (χ4n) is 1.20. The lowest BCUT2D eigenvalue weighted by atomic mass is 10.1. The minimum Gasteiger partial charge on any atom is -0.384 e. The molecule has 0 spiro atoms. The Morgan fingerprint density at radius 3 is 2.57 bits per heavy atom. The van der Waals surface area contributed by atoms with Crippen LogP contribution >= 0.6 is 0 Å². The van der Waals surface area contributed by atoms with Crippen LogP contribution in [0.2, 0.25) is 0 Å². The maximum Gasteiger partial charge on any atom is 0.100 e. The van der Waals surface area contributed by atoms with Gasteiger partial charge in [-0.3, -0.25) is 4.68 Å². The first kappa shape index (κ1) is 11.0. The van der Waals surface area contributed by atoms with Crippen LogP contribution in [-0.4, -0.2) is 14.9 Å². The molecule has 0 aliphatic heterocycles. The van der Waals surface area contributed by atoms with Gasteiger partial charge in [0.1, 0.15) is 6.10 Å². The molecule has 3 nitrogen and oxygen atoms in total. The second-order valence-corrected chi connectivity index (χ2v) is 4.04. The monoisotopic (exact) mass is 194 g/mol. The smallest absolute Gasteiger partial charge is 0.100 e. The number of nitrogens with zero attached hydrogens (tertiary/aromatic N) is 2. The van der Waals surface area contributed by atoms with Gasteiger partial charge in [0.2, 0.25) is 0 Å². The highest BCUT2D eigenvalue weighted by molar-refractivity contribution is 5.16. The lowest BCUT2D eigenvalue weighted by molar-refractivity contribution is 0.227. The number of rotatable bonds is 3. The van der Waals surface area contributed by atoms with Gasteiger partial charge in [0, 0.05) is 17.8 Å². The van der Waals surface area contributed by atoms with Gasteiger partial charge >= 0.3 is 0 Å². The molecule has 1 unspecified atom stereocenters. The molecule has 0 aliphatic rings. The average Bonchev–Trinajstić information content (AvgIpc) is 2.50. The molecular formula is C11H18N2O. The summed E-state index contributed by atoms with van der Waals surface area (Å²) < 4.78 is 1.84. The summed E-state index contributed by atoms with van der Waals surface area (Å²) in [6.45, 7) is 8.06. The lowest BCUT2D eigenvalue weighted by Crippen LogP contribution is -2.00. The second-order valence-electron chi connectivity index (χ2n) is 4.04. The summed E-state index contributed by atoms with van der Waals surface area (Å²) >= 11 is 0. The first-order valence-corrected chi connectivity index (χ1v) is 4.88. The van der Waals surface area contributed by atoms with Crippen molar-refractivity contribution in [2.75, 3.05) is 0 Å². The van der Waals surface area contributed by atoms with E-state index in [9.17, 15) is 5.11 Å². The van der Waals surface area contributed by atoms with Crippen molar-refractivity contribution in [3.63, 3.8) is 0 Å². The molecular weight excluding hydrogens is 176 g/mol. The largest absolute Gasteiger partial charge is 0.384 e. The van der Waals surface area contributed by atoms with E-state index < -0.39 is 6.10 Å². The lowest BCUT2D eigenvalue weighted by Gasteiger charge is -2.04. The Morgan fingerprint density at radius 1 is 1.50 bits per heavy atom. The predicted octanol–water partition coefficient (Wildman–Crippen LogP) is 2.46. The van der Waals surface area contributed by atoms with E-state index in [2.05, 4.69) is 18.9 Å². The first-order chi connectivity index (χ1) is 6.50. The van der Waals surface area contributed by atoms with E-state index in [0.717, 1.165) is 11.1 Å². The van der Waals surface area contributed by atoms with Gasteiger partial charge in [-0.15, -0.1) is 0 Å². The molecule has 1 aromatic rings. The van der Waals surface area contributed by atoms with Crippen LogP contribution in [0.4, 0.5) is 0 Å². The van der Waals surface area contributed by atoms with E-state index in [1.807, 2.05) is 30.8 Å². The average molecular weight is 194 g/mol. The Kier molecular flexibility index (Phi) is 3.47. The molecule has 1 heterocycles. The zero-order valence-electron chi connectivity index (χ0n) is 9.23. The molecule has 3 heteroatoms. The number of aliphatic hydroxyl groups excluding tert-OH is 1. The Hall–Kier alpha value is -1.09. The number of aromatic nitrogens is 2. The van der Waals surface area contributed by atoms with Gasteiger partial charge in [-0.1, -0.05) is 11.6 Å². The third-order valence-electron chi connectivity index (χ3n) is 1.98. The Morgan fingerprint density at radius 2 is 2.14 bits per heavy atom. The molecule has 0 radical (unpaired) electrons. The summed E-state index contributed by atoms with van der Waals surface area (Å²) in [7, 11) is 0. The van der Waals surface area contributed by atoms with Crippen LogP contribution < -0.4 is 0 Å². The molecule has 0 bridgehead atoms. The van der Waals surface area contributed by atoms with E-state index in [1.165, 1.54) is 0 Å². The van der Waals surface area contributed by atoms with Gasteiger partial charge in [-0.05, 0) is 27.7 Å². The van der Waals surface area contributed by atoms with Crippen LogP contribution in [0, 0.1) is 0 Å². The minimum atomic E-state index is -0.535. The number of allylic oxidation sites excluding steroid dienone is 1. The van der Waals surface area contributed by atoms with Gasteiger partial charge in [0.15, 0.2) is 0 Å². The number of hydrogen-bond donors (Lipinski definition) is 1. The quantitative estimate of drug-likeness (QED) is 0.750. The van der Waals surface area contributed by atoms with Crippen molar-refractivity contribution in [1.29, 1.82) is 0 Å². The van der Waals surface area contributed by atoms with Gasteiger partial charge in [0.05, 0.1) is 6.20 Å². The predicted molar refractivity (Wildman–Crippen MR) is 57.0 cm³/mol. The Labute approximate surface area is 85.1 Å². The highest BCUT2D eigenvalue weighted by Gasteiger charge is 2.08. The molecule has 0 saturated carbocycles. The zero-order chi connectivity index (χ0) is 10.7. The van der Waals surface area contributed by atoms with Crippen LogP contribution in [0.3, 0.4) is 0 Å². The van der Waals surface area contributed by atoms with Crippen LogP contribution in [0.1, 0.15) is 45.4 Å². The summed E-state index contributed by atoms with van der Waals surface area (Å²) in [6.07, 6.45) is 4.88. The fraction of sp³-hybridized carbons (Fsp3) is 0.545. The third-order valence-corrected chi connectivity index (χ3v) is 1.98. The van der Waals surface area contributed by atoms with Gasteiger partial charge in [0.25, 0.3) is 0 Å². The minimum absolute atomic E-state index is 0.336. The van der Waals surface area contributed by atoms with Crippen molar-refractivity contribution in [2.45, 2.75) is 39.8 Å². The highest BCUT2D eigenvalue weighted by Crippen LogP contribution is 2.16.